The number of anilines is 1. The molecule has 0 radical (unpaired) electrons. The van der Waals surface area contributed by atoms with Crippen LogP contribution in [-0.2, 0) is 6.54 Å². The highest BCUT2D eigenvalue weighted by Crippen LogP contribution is 2.27. The second-order valence-electron chi connectivity index (χ2n) is 5.88. The van der Waals surface area contributed by atoms with Crippen LogP contribution in [0.3, 0.4) is 0 Å². The van der Waals surface area contributed by atoms with Crippen LogP contribution in [0, 0.1) is 13.8 Å². The number of nitrogens with zero attached hydrogens (tertiary/aromatic N) is 4. The number of nitrogens with one attached hydrogen (secondary N) is 1. The van der Waals surface area contributed by atoms with E-state index in [1.54, 1.807) is 17.7 Å². The number of hydrogen-bond donors (Lipinski definition) is 1. The molecule has 4 aromatic rings. The molecule has 6 heteroatoms. The summed E-state index contributed by atoms with van der Waals surface area (Å²) in [5.41, 5.74) is 2.27. The van der Waals surface area contributed by atoms with Crippen molar-refractivity contribution in [2.75, 3.05) is 11.9 Å². The van der Waals surface area contributed by atoms with E-state index in [0.29, 0.717) is 0 Å². The van der Waals surface area contributed by atoms with Gasteiger partial charge in [0.2, 0.25) is 0 Å². The van der Waals surface area contributed by atoms with Crippen LogP contribution >= 0.6 is 11.3 Å². The van der Waals surface area contributed by atoms with E-state index in [2.05, 4.69) is 62.9 Å². The Kier molecular flexibility index (Phi) is 3.90. The number of aryl methyl sites for hydroxylation is 3. The van der Waals surface area contributed by atoms with Crippen LogP contribution < -0.4 is 5.32 Å². The Bertz CT molecular complexity index is 1000. The average molecular weight is 337 g/mol. The molecular weight excluding hydrogens is 318 g/mol. The van der Waals surface area contributed by atoms with Crippen LogP contribution in [0.5, 0.6) is 0 Å². The summed E-state index contributed by atoms with van der Waals surface area (Å²) in [6.07, 6.45) is 2.64. The van der Waals surface area contributed by atoms with E-state index in [1.807, 2.05) is 6.07 Å². The summed E-state index contributed by atoms with van der Waals surface area (Å²) in [5.74, 6) is 1.99. The van der Waals surface area contributed by atoms with Crippen molar-refractivity contribution >= 4 is 38.4 Å². The lowest BCUT2D eigenvalue weighted by atomic mass is 10.3. The lowest BCUT2D eigenvalue weighted by Gasteiger charge is -2.09. The number of rotatable bonds is 5. The molecule has 0 saturated carbocycles. The van der Waals surface area contributed by atoms with Crippen molar-refractivity contribution in [2.24, 2.45) is 0 Å². The van der Waals surface area contributed by atoms with Gasteiger partial charge in [-0.3, -0.25) is 0 Å². The molecule has 0 atom stereocenters. The SMILES string of the molecule is Cc1cc2c(NCCCn3c(C)nc4ccccc43)ncnc2s1. The Morgan fingerprint density at radius 2 is 2.04 bits per heavy atom. The molecule has 3 heterocycles. The summed E-state index contributed by atoms with van der Waals surface area (Å²) in [7, 11) is 0. The maximum atomic E-state index is 4.62. The van der Waals surface area contributed by atoms with Gasteiger partial charge >= 0.3 is 0 Å². The highest BCUT2D eigenvalue weighted by molar-refractivity contribution is 7.18. The molecule has 5 nitrogen and oxygen atoms in total. The Morgan fingerprint density at radius 1 is 1.17 bits per heavy atom. The molecule has 1 N–H and O–H groups in total. The molecule has 0 bridgehead atoms. The van der Waals surface area contributed by atoms with Crippen molar-refractivity contribution < 1.29 is 0 Å². The van der Waals surface area contributed by atoms with E-state index in [0.717, 1.165) is 46.9 Å². The zero-order valence-electron chi connectivity index (χ0n) is 13.8. The molecule has 24 heavy (non-hydrogen) atoms. The third kappa shape index (κ3) is 2.73. The first-order valence-electron chi connectivity index (χ1n) is 8.09. The minimum absolute atomic E-state index is 0.868. The fourth-order valence-electron chi connectivity index (χ4n) is 3.04. The molecule has 4 rings (SSSR count). The number of aromatic nitrogens is 4. The van der Waals surface area contributed by atoms with Crippen LogP contribution in [0.4, 0.5) is 5.82 Å². The number of thiophene rings is 1. The lowest BCUT2D eigenvalue weighted by molar-refractivity contribution is 0.658. The molecule has 0 amide bonds. The van der Waals surface area contributed by atoms with Crippen LogP contribution in [-0.4, -0.2) is 26.1 Å². The van der Waals surface area contributed by atoms with Gasteiger partial charge in [0.15, 0.2) is 0 Å². The van der Waals surface area contributed by atoms with Crippen LogP contribution in [0.15, 0.2) is 36.7 Å². The summed E-state index contributed by atoms with van der Waals surface area (Å²) in [5, 5.41) is 4.57. The normalized spacial score (nSPS) is 11.4. The monoisotopic (exact) mass is 337 g/mol. The number of para-hydroxylation sites is 2. The van der Waals surface area contributed by atoms with E-state index in [-0.39, 0.29) is 0 Å². The molecule has 0 saturated heterocycles. The second kappa shape index (κ2) is 6.20. The van der Waals surface area contributed by atoms with Crippen molar-refractivity contribution in [1.29, 1.82) is 0 Å². The Balaban J connectivity index is 1.45. The van der Waals surface area contributed by atoms with Gasteiger partial charge in [-0.25, -0.2) is 15.0 Å². The topological polar surface area (TPSA) is 55.6 Å². The Hall–Kier alpha value is -2.47. The van der Waals surface area contributed by atoms with E-state index in [9.17, 15) is 0 Å². The van der Waals surface area contributed by atoms with Crippen molar-refractivity contribution in [1.82, 2.24) is 19.5 Å². The Morgan fingerprint density at radius 3 is 2.96 bits per heavy atom. The van der Waals surface area contributed by atoms with Gasteiger partial charge in [-0.2, -0.15) is 0 Å². The van der Waals surface area contributed by atoms with Crippen LogP contribution in [0.25, 0.3) is 21.3 Å². The van der Waals surface area contributed by atoms with Crippen molar-refractivity contribution in [3.8, 4) is 0 Å². The van der Waals surface area contributed by atoms with E-state index in [1.165, 1.54) is 10.4 Å². The van der Waals surface area contributed by atoms with Gasteiger partial charge in [0.05, 0.1) is 16.4 Å². The molecule has 122 valence electrons. The van der Waals surface area contributed by atoms with Crippen molar-refractivity contribution in [3.63, 3.8) is 0 Å². The highest BCUT2D eigenvalue weighted by atomic mass is 32.1. The van der Waals surface area contributed by atoms with Gasteiger partial charge in [0, 0.05) is 18.0 Å². The zero-order chi connectivity index (χ0) is 16.5. The van der Waals surface area contributed by atoms with E-state index >= 15 is 0 Å². The summed E-state index contributed by atoms with van der Waals surface area (Å²) in [4.78, 5) is 15.6. The first-order chi connectivity index (χ1) is 11.7. The number of hydrogen-bond acceptors (Lipinski definition) is 5. The van der Waals surface area contributed by atoms with Gasteiger partial charge in [0.25, 0.3) is 0 Å². The summed E-state index contributed by atoms with van der Waals surface area (Å²) < 4.78 is 2.28. The first kappa shape index (κ1) is 15.1. The van der Waals surface area contributed by atoms with Gasteiger partial charge < -0.3 is 9.88 Å². The molecule has 3 aromatic heterocycles. The minimum atomic E-state index is 0.868. The number of fused-ring (bicyclic) bond motifs is 2. The quantitative estimate of drug-likeness (QED) is 0.556. The predicted molar refractivity (Wildman–Crippen MR) is 99.7 cm³/mol. The lowest BCUT2D eigenvalue weighted by Crippen LogP contribution is -2.09. The van der Waals surface area contributed by atoms with Crippen LogP contribution in [0.1, 0.15) is 17.1 Å². The fourth-order valence-corrected chi connectivity index (χ4v) is 3.89. The minimum Gasteiger partial charge on any atom is -0.369 e. The number of imidazole rings is 1. The standard InChI is InChI=1S/C18H19N5S/c1-12-10-14-17(20-11-21-18(14)24-12)19-8-5-9-23-13(2)22-15-6-3-4-7-16(15)23/h3-4,6-7,10-11H,5,8-9H2,1-2H3,(H,19,20,21). The van der Waals surface area contributed by atoms with Gasteiger partial charge in [0.1, 0.15) is 22.8 Å². The maximum Gasteiger partial charge on any atom is 0.138 e. The highest BCUT2D eigenvalue weighted by Gasteiger charge is 2.08. The van der Waals surface area contributed by atoms with E-state index < -0.39 is 0 Å². The summed E-state index contributed by atoms with van der Waals surface area (Å²) in [6, 6.07) is 10.4. The fraction of sp³-hybridized carbons (Fsp3) is 0.278. The molecular formula is C18H19N5S. The van der Waals surface area contributed by atoms with E-state index in [4.69, 9.17) is 0 Å². The third-order valence-corrected chi connectivity index (χ3v) is 5.11. The molecule has 0 aliphatic rings. The zero-order valence-corrected chi connectivity index (χ0v) is 14.6. The predicted octanol–water partition coefficient (Wildman–Crippen LogP) is 4.16. The number of benzene rings is 1. The summed E-state index contributed by atoms with van der Waals surface area (Å²) >= 11 is 1.70. The first-order valence-corrected chi connectivity index (χ1v) is 8.91. The third-order valence-electron chi connectivity index (χ3n) is 4.15. The molecule has 0 spiro atoms. The van der Waals surface area contributed by atoms with Crippen molar-refractivity contribution in [3.05, 3.63) is 47.4 Å². The van der Waals surface area contributed by atoms with Gasteiger partial charge in [-0.15, -0.1) is 11.3 Å². The molecule has 0 aliphatic carbocycles. The van der Waals surface area contributed by atoms with Gasteiger partial charge in [-0.1, -0.05) is 12.1 Å². The average Bonchev–Trinajstić information content (AvgIpc) is 3.11. The molecule has 0 unspecified atom stereocenters. The van der Waals surface area contributed by atoms with Crippen molar-refractivity contribution in [2.45, 2.75) is 26.8 Å². The molecule has 0 fully saturated rings. The Labute approximate surface area is 144 Å². The van der Waals surface area contributed by atoms with Gasteiger partial charge in [-0.05, 0) is 38.5 Å². The molecule has 0 aliphatic heterocycles. The smallest absolute Gasteiger partial charge is 0.138 e. The van der Waals surface area contributed by atoms with Crippen LogP contribution in [0.2, 0.25) is 0 Å². The largest absolute Gasteiger partial charge is 0.369 e. The molecule has 1 aromatic carbocycles. The summed E-state index contributed by atoms with van der Waals surface area (Å²) in [6.45, 7) is 5.97. The maximum absolute atomic E-state index is 4.62. The second-order valence-corrected chi connectivity index (χ2v) is 7.11.